The van der Waals surface area contributed by atoms with E-state index >= 15 is 0 Å². The fourth-order valence-electron chi connectivity index (χ4n) is 4.66. The predicted octanol–water partition coefficient (Wildman–Crippen LogP) is 3.73. The van der Waals surface area contributed by atoms with E-state index < -0.39 is 54.6 Å². The molecule has 214 valence electrons. The third-order valence-corrected chi connectivity index (χ3v) is 6.52. The van der Waals surface area contributed by atoms with Crippen LogP contribution in [-0.4, -0.2) is 68.3 Å². The van der Waals surface area contributed by atoms with E-state index in [1.807, 2.05) is 0 Å². The lowest BCUT2D eigenvalue weighted by Crippen LogP contribution is -2.63. The van der Waals surface area contributed by atoms with Gasteiger partial charge in [0.15, 0.2) is 12.2 Å². The van der Waals surface area contributed by atoms with Crippen LogP contribution in [0.1, 0.15) is 58.9 Å². The van der Waals surface area contributed by atoms with E-state index in [0.29, 0.717) is 11.3 Å². The second-order valence-electron chi connectivity index (χ2n) is 9.15. The molecule has 1 saturated carbocycles. The molecule has 1 aliphatic heterocycles. The zero-order chi connectivity index (χ0) is 28.7. The number of benzene rings is 1. The van der Waals surface area contributed by atoms with Crippen LogP contribution in [0.15, 0.2) is 23.8 Å². The summed E-state index contributed by atoms with van der Waals surface area (Å²) >= 11 is 6.76. The predicted molar refractivity (Wildman–Crippen MR) is 136 cm³/mol. The van der Waals surface area contributed by atoms with Gasteiger partial charge in [-0.15, -0.1) is 0 Å². The van der Waals surface area contributed by atoms with Gasteiger partial charge in [0.25, 0.3) is 0 Å². The van der Waals surface area contributed by atoms with Gasteiger partial charge in [-0.05, 0) is 43.4 Å². The molecule has 3 rings (SSSR count). The molecule has 1 aromatic carbocycles. The van der Waals surface area contributed by atoms with Crippen LogP contribution in [0.5, 0.6) is 5.75 Å². The second kappa shape index (κ2) is 13.7. The van der Waals surface area contributed by atoms with Gasteiger partial charge in [0.2, 0.25) is 12.4 Å². The summed E-state index contributed by atoms with van der Waals surface area (Å²) in [6.45, 7) is 4.27. The number of carbonyl (C=O) groups excluding carboxylic acids is 4. The molecular weight excluding hydrogens is 536 g/mol. The number of hydrogen-bond donors (Lipinski definition) is 0. The maximum atomic E-state index is 12.1. The van der Waals surface area contributed by atoms with Gasteiger partial charge in [-0.3, -0.25) is 19.2 Å². The van der Waals surface area contributed by atoms with Gasteiger partial charge in [0, 0.05) is 33.3 Å². The SMILES string of the molecule is COC(=C1CCCC1)c1cccc(O[C@@H]2OC(COC(C)=O)C(OC(C)=O)C(OC(C)=O)C2OC(C)=O)c1Cl. The van der Waals surface area contributed by atoms with E-state index in [1.165, 1.54) is 6.92 Å². The number of halogens is 1. The Bertz CT molecular complexity index is 1110. The highest BCUT2D eigenvalue weighted by Crippen LogP contribution is 2.40. The van der Waals surface area contributed by atoms with Crippen LogP contribution in [0.3, 0.4) is 0 Å². The molecule has 1 aliphatic carbocycles. The number of esters is 4. The third-order valence-electron chi connectivity index (χ3n) is 6.13. The number of carbonyl (C=O) groups is 4. The van der Waals surface area contributed by atoms with Crippen LogP contribution in [0, 0.1) is 0 Å². The van der Waals surface area contributed by atoms with Crippen molar-refractivity contribution in [2.45, 2.75) is 84.1 Å². The molecular formula is C27H33ClO11. The van der Waals surface area contributed by atoms with Crippen LogP contribution in [0.2, 0.25) is 5.02 Å². The summed E-state index contributed by atoms with van der Waals surface area (Å²) in [6, 6.07) is 5.11. The van der Waals surface area contributed by atoms with Crippen molar-refractivity contribution in [3.63, 3.8) is 0 Å². The lowest BCUT2D eigenvalue weighted by Gasteiger charge is -2.44. The van der Waals surface area contributed by atoms with E-state index in [1.54, 1.807) is 25.3 Å². The van der Waals surface area contributed by atoms with E-state index in [0.717, 1.165) is 52.0 Å². The van der Waals surface area contributed by atoms with Crippen LogP contribution in [-0.2, 0) is 47.6 Å². The van der Waals surface area contributed by atoms with E-state index in [-0.39, 0.29) is 17.4 Å². The molecule has 39 heavy (non-hydrogen) atoms. The highest BCUT2D eigenvalue weighted by atomic mass is 35.5. The molecule has 4 unspecified atom stereocenters. The Morgan fingerprint density at radius 1 is 0.872 bits per heavy atom. The Morgan fingerprint density at radius 3 is 2.03 bits per heavy atom. The quantitative estimate of drug-likeness (QED) is 0.245. The Labute approximate surface area is 231 Å². The third kappa shape index (κ3) is 7.86. The molecule has 5 atom stereocenters. The van der Waals surface area contributed by atoms with Crippen molar-refractivity contribution in [3.05, 3.63) is 34.4 Å². The van der Waals surface area contributed by atoms with Gasteiger partial charge in [-0.1, -0.05) is 17.7 Å². The average molecular weight is 569 g/mol. The van der Waals surface area contributed by atoms with Crippen molar-refractivity contribution in [1.29, 1.82) is 0 Å². The minimum Gasteiger partial charge on any atom is -0.496 e. The van der Waals surface area contributed by atoms with Crippen LogP contribution < -0.4 is 4.74 Å². The Morgan fingerprint density at radius 2 is 1.46 bits per heavy atom. The topological polar surface area (TPSA) is 133 Å². The number of ether oxygens (including phenoxy) is 7. The number of allylic oxidation sites excluding steroid dienone is 1. The molecule has 12 heteroatoms. The minimum absolute atomic E-state index is 0.170. The van der Waals surface area contributed by atoms with Gasteiger partial charge in [-0.25, -0.2) is 0 Å². The first-order chi connectivity index (χ1) is 18.5. The average Bonchev–Trinajstić information content (AvgIpc) is 3.38. The zero-order valence-corrected chi connectivity index (χ0v) is 23.3. The van der Waals surface area contributed by atoms with Crippen LogP contribution >= 0.6 is 11.6 Å². The van der Waals surface area contributed by atoms with Gasteiger partial charge in [0.05, 0.1) is 12.1 Å². The summed E-state index contributed by atoms with van der Waals surface area (Å²) in [7, 11) is 1.57. The molecule has 0 bridgehead atoms. The Kier molecular flexibility index (Phi) is 10.6. The smallest absolute Gasteiger partial charge is 0.303 e. The van der Waals surface area contributed by atoms with Crippen molar-refractivity contribution >= 4 is 41.2 Å². The van der Waals surface area contributed by atoms with Gasteiger partial charge in [-0.2, -0.15) is 0 Å². The summed E-state index contributed by atoms with van der Waals surface area (Å²) in [5.74, 6) is -1.99. The van der Waals surface area contributed by atoms with Gasteiger partial charge < -0.3 is 33.2 Å². The Hall–Kier alpha value is -3.31. The highest BCUT2D eigenvalue weighted by Gasteiger charge is 2.53. The number of hydrogen-bond acceptors (Lipinski definition) is 11. The first-order valence-electron chi connectivity index (χ1n) is 12.5. The summed E-state index contributed by atoms with van der Waals surface area (Å²) in [6.07, 6.45) is -2.66. The van der Waals surface area contributed by atoms with Crippen LogP contribution in [0.4, 0.5) is 0 Å². The van der Waals surface area contributed by atoms with Crippen molar-refractivity contribution < 1.29 is 52.3 Å². The molecule has 0 aromatic heterocycles. The molecule has 2 fully saturated rings. The summed E-state index contributed by atoms with van der Waals surface area (Å²) in [5, 5.41) is 0.224. The lowest BCUT2D eigenvalue weighted by molar-refractivity contribution is -0.288. The molecule has 2 aliphatic rings. The minimum atomic E-state index is -1.40. The molecule has 11 nitrogen and oxygen atoms in total. The zero-order valence-electron chi connectivity index (χ0n) is 22.5. The van der Waals surface area contributed by atoms with Gasteiger partial charge in [0.1, 0.15) is 24.2 Å². The fraction of sp³-hybridized carbons (Fsp3) is 0.556. The lowest BCUT2D eigenvalue weighted by atomic mass is 9.98. The molecule has 0 amide bonds. The largest absolute Gasteiger partial charge is 0.496 e. The number of rotatable bonds is 9. The second-order valence-corrected chi connectivity index (χ2v) is 9.53. The molecule has 0 N–H and O–H groups in total. The summed E-state index contributed by atoms with van der Waals surface area (Å²) < 4.78 is 39.2. The summed E-state index contributed by atoms with van der Waals surface area (Å²) in [5.41, 5.74) is 1.75. The van der Waals surface area contributed by atoms with E-state index in [9.17, 15) is 19.2 Å². The van der Waals surface area contributed by atoms with Crippen molar-refractivity contribution in [2.75, 3.05) is 13.7 Å². The molecule has 1 aromatic rings. The van der Waals surface area contributed by atoms with Crippen LogP contribution in [0.25, 0.3) is 5.76 Å². The van der Waals surface area contributed by atoms with E-state index in [4.69, 9.17) is 44.8 Å². The number of methoxy groups -OCH3 is 1. The van der Waals surface area contributed by atoms with E-state index in [2.05, 4.69) is 0 Å². The van der Waals surface area contributed by atoms with Crippen molar-refractivity contribution in [3.8, 4) is 5.75 Å². The highest BCUT2D eigenvalue weighted by molar-refractivity contribution is 6.33. The first-order valence-corrected chi connectivity index (χ1v) is 12.9. The Balaban J connectivity index is 2.03. The molecule has 0 spiro atoms. The van der Waals surface area contributed by atoms with Crippen molar-refractivity contribution in [1.82, 2.24) is 0 Å². The normalized spacial score (nSPS) is 24.4. The molecule has 1 heterocycles. The maximum Gasteiger partial charge on any atom is 0.303 e. The standard InChI is InChI=1S/C27H33ClO11/c1-14(29)34-13-21-24(35-15(2)30)25(36-16(3)31)26(37-17(4)32)27(39-21)38-20-12-8-11-19(22(20)28)23(33-5)18-9-6-7-10-18/h8,11-12,21,24-27H,6-7,9-10,13H2,1-5H3/t21?,24?,25?,26?,27-/m1/s1. The molecule has 0 radical (unpaired) electrons. The van der Waals surface area contributed by atoms with Crippen molar-refractivity contribution in [2.24, 2.45) is 0 Å². The summed E-state index contributed by atoms with van der Waals surface area (Å²) in [4.78, 5) is 47.5. The monoisotopic (exact) mass is 568 g/mol. The fourth-order valence-corrected chi connectivity index (χ4v) is 4.92. The maximum absolute atomic E-state index is 12.1. The molecule has 1 saturated heterocycles. The first kappa shape index (κ1) is 30.2. The van der Waals surface area contributed by atoms with Gasteiger partial charge >= 0.3 is 23.9 Å².